The van der Waals surface area contributed by atoms with Crippen LogP contribution in [-0.2, 0) is 4.74 Å². The lowest BCUT2D eigenvalue weighted by Gasteiger charge is -2.26. The van der Waals surface area contributed by atoms with Crippen LogP contribution in [0.4, 0.5) is 0 Å². The van der Waals surface area contributed by atoms with Gasteiger partial charge < -0.3 is 19.5 Å². The van der Waals surface area contributed by atoms with E-state index < -0.39 is 0 Å². The number of nitrogens with one attached hydrogen (secondary N) is 1. The second-order valence-corrected chi connectivity index (χ2v) is 5.34. The van der Waals surface area contributed by atoms with Gasteiger partial charge in [0, 0.05) is 29.7 Å². The number of morpholine rings is 1. The molecule has 1 saturated heterocycles. The summed E-state index contributed by atoms with van der Waals surface area (Å²) in [6.07, 6.45) is 2.49. The molecule has 1 aromatic carbocycles. The molecule has 0 radical (unpaired) electrons. The lowest BCUT2D eigenvalue weighted by molar-refractivity contribution is 0.0255. The third-order valence-electron chi connectivity index (χ3n) is 3.35. The van der Waals surface area contributed by atoms with Crippen LogP contribution in [0.15, 0.2) is 12.1 Å². The number of rotatable bonds is 4. The predicted octanol–water partition coefficient (Wildman–Crippen LogP) is 2.55. The van der Waals surface area contributed by atoms with Crippen molar-refractivity contribution in [3.63, 3.8) is 0 Å². The van der Waals surface area contributed by atoms with Crippen molar-refractivity contribution in [1.29, 1.82) is 0 Å². The molecule has 2 fully saturated rings. The highest BCUT2D eigenvalue weighted by Gasteiger charge is 2.29. The second kappa shape index (κ2) is 5.57. The van der Waals surface area contributed by atoms with Gasteiger partial charge in [-0.1, -0.05) is 11.6 Å². The maximum atomic E-state index is 6.16. The average Bonchev–Trinajstić information content (AvgIpc) is 3.25. The lowest BCUT2D eigenvalue weighted by Crippen LogP contribution is -2.33. The van der Waals surface area contributed by atoms with Crippen LogP contribution in [0.2, 0.25) is 5.02 Å². The van der Waals surface area contributed by atoms with Gasteiger partial charge in [-0.3, -0.25) is 0 Å². The van der Waals surface area contributed by atoms with Crippen molar-refractivity contribution in [2.75, 3.05) is 26.8 Å². The summed E-state index contributed by atoms with van der Waals surface area (Å²) in [5, 5.41) is 3.96. The Morgan fingerprint density at radius 1 is 1.37 bits per heavy atom. The normalized spacial score (nSPS) is 23.2. The molecular formula is C14H18ClNO3. The Kier molecular flexibility index (Phi) is 3.82. The van der Waals surface area contributed by atoms with Gasteiger partial charge in [-0.15, -0.1) is 0 Å². The van der Waals surface area contributed by atoms with Gasteiger partial charge in [0.15, 0.2) is 11.5 Å². The molecule has 1 aliphatic carbocycles. The van der Waals surface area contributed by atoms with Crippen LogP contribution in [0, 0.1) is 0 Å². The molecular weight excluding hydrogens is 266 g/mol. The molecule has 1 saturated carbocycles. The highest BCUT2D eigenvalue weighted by atomic mass is 35.5. The number of ether oxygens (including phenoxy) is 3. The average molecular weight is 284 g/mol. The fourth-order valence-corrected chi connectivity index (χ4v) is 2.44. The highest BCUT2D eigenvalue weighted by Crippen LogP contribution is 2.42. The smallest absolute Gasteiger partial charge is 0.167 e. The quantitative estimate of drug-likeness (QED) is 0.922. The molecule has 3 rings (SSSR count). The van der Waals surface area contributed by atoms with E-state index in [-0.39, 0.29) is 6.10 Å². The van der Waals surface area contributed by atoms with Gasteiger partial charge in [0.1, 0.15) is 0 Å². The summed E-state index contributed by atoms with van der Waals surface area (Å²) in [4.78, 5) is 0. The van der Waals surface area contributed by atoms with Crippen LogP contribution in [-0.4, -0.2) is 32.9 Å². The number of halogens is 1. The van der Waals surface area contributed by atoms with Crippen molar-refractivity contribution in [1.82, 2.24) is 5.32 Å². The Balaban J connectivity index is 1.95. The van der Waals surface area contributed by atoms with E-state index in [1.807, 2.05) is 6.07 Å². The Bertz CT molecular complexity index is 456. The minimum Gasteiger partial charge on any atom is -0.493 e. The Hall–Kier alpha value is -0.970. The molecule has 0 bridgehead atoms. The molecule has 1 unspecified atom stereocenters. The van der Waals surface area contributed by atoms with Gasteiger partial charge in [0.05, 0.1) is 25.9 Å². The second-order valence-electron chi connectivity index (χ2n) is 4.91. The van der Waals surface area contributed by atoms with Crippen LogP contribution < -0.4 is 14.8 Å². The molecule has 1 aromatic rings. The third kappa shape index (κ3) is 2.96. The molecule has 0 aromatic heterocycles. The van der Waals surface area contributed by atoms with Crippen LogP contribution in [0.3, 0.4) is 0 Å². The molecule has 104 valence electrons. The van der Waals surface area contributed by atoms with E-state index in [1.54, 1.807) is 13.2 Å². The SMILES string of the molecule is COc1cc(Cl)cc(C2CNCCO2)c1OC1CC1. The molecule has 5 heteroatoms. The van der Waals surface area contributed by atoms with Crippen LogP contribution in [0.5, 0.6) is 11.5 Å². The largest absolute Gasteiger partial charge is 0.493 e. The maximum Gasteiger partial charge on any atom is 0.167 e. The fraction of sp³-hybridized carbons (Fsp3) is 0.571. The first-order chi connectivity index (χ1) is 9.28. The van der Waals surface area contributed by atoms with E-state index in [1.165, 1.54) is 0 Å². The first-order valence-electron chi connectivity index (χ1n) is 6.64. The Morgan fingerprint density at radius 3 is 2.84 bits per heavy atom. The minimum absolute atomic E-state index is 0.0323. The summed E-state index contributed by atoms with van der Waals surface area (Å²) >= 11 is 6.16. The van der Waals surface area contributed by atoms with Crippen molar-refractivity contribution in [2.24, 2.45) is 0 Å². The summed E-state index contributed by atoms with van der Waals surface area (Å²) in [6, 6.07) is 3.71. The fourth-order valence-electron chi connectivity index (χ4n) is 2.22. The zero-order chi connectivity index (χ0) is 13.2. The Labute approximate surface area is 118 Å². The molecule has 1 aliphatic heterocycles. The van der Waals surface area contributed by atoms with E-state index in [0.29, 0.717) is 23.5 Å². The summed E-state index contributed by atoms with van der Waals surface area (Å²) in [5.74, 6) is 1.46. The monoisotopic (exact) mass is 283 g/mol. The summed E-state index contributed by atoms with van der Waals surface area (Å²) in [6.45, 7) is 2.35. The predicted molar refractivity (Wildman–Crippen MR) is 73.2 cm³/mol. The Morgan fingerprint density at radius 2 is 2.21 bits per heavy atom. The summed E-state index contributed by atoms with van der Waals surface area (Å²) < 4.78 is 17.2. The van der Waals surface area contributed by atoms with Crippen molar-refractivity contribution >= 4 is 11.6 Å². The molecule has 0 spiro atoms. The molecule has 1 N–H and O–H groups in total. The molecule has 0 amide bonds. The van der Waals surface area contributed by atoms with Crippen LogP contribution >= 0.6 is 11.6 Å². The highest BCUT2D eigenvalue weighted by molar-refractivity contribution is 6.30. The van der Waals surface area contributed by atoms with Gasteiger partial charge in [0.25, 0.3) is 0 Å². The first kappa shape index (κ1) is 13.0. The van der Waals surface area contributed by atoms with Crippen molar-refractivity contribution in [3.05, 3.63) is 22.7 Å². The lowest BCUT2D eigenvalue weighted by atomic mass is 10.1. The maximum absolute atomic E-state index is 6.16. The zero-order valence-corrected chi connectivity index (χ0v) is 11.7. The van der Waals surface area contributed by atoms with Gasteiger partial charge in [-0.2, -0.15) is 0 Å². The molecule has 2 aliphatic rings. The number of hydrogen-bond acceptors (Lipinski definition) is 4. The van der Waals surface area contributed by atoms with Gasteiger partial charge in [0.2, 0.25) is 0 Å². The topological polar surface area (TPSA) is 39.7 Å². The van der Waals surface area contributed by atoms with E-state index in [0.717, 1.165) is 37.2 Å². The van der Waals surface area contributed by atoms with E-state index in [9.17, 15) is 0 Å². The van der Waals surface area contributed by atoms with Crippen molar-refractivity contribution < 1.29 is 14.2 Å². The van der Waals surface area contributed by atoms with Crippen LogP contribution in [0.25, 0.3) is 0 Å². The van der Waals surface area contributed by atoms with Gasteiger partial charge >= 0.3 is 0 Å². The standard InChI is InChI=1S/C14H18ClNO3/c1-17-12-7-9(15)6-11(13-8-16-4-5-18-13)14(12)19-10-2-3-10/h6-7,10,13,16H,2-5,8H2,1H3. The van der Waals surface area contributed by atoms with Gasteiger partial charge in [-0.25, -0.2) is 0 Å². The van der Waals surface area contributed by atoms with Gasteiger partial charge in [-0.05, 0) is 18.9 Å². The molecule has 19 heavy (non-hydrogen) atoms. The number of hydrogen-bond donors (Lipinski definition) is 1. The van der Waals surface area contributed by atoms with Crippen molar-refractivity contribution in [3.8, 4) is 11.5 Å². The number of methoxy groups -OCH3 is 1. The zero-order valence-electron chi connectivity index (χ0n) is 10.9. The molecule has 1 atom stereocenters. The minimum atomic E-state index is -0.0323. The van der Waals surface area contributed by atoms with E-state index in [2.05, 4.69) is 5.32 Å². The van der Waals surface area contributed by atoms with E-state index >= 15 is 0 Å². The summed E-state index contributed by atoms with van der Waals surface area (Å²) in [7, 11) is 1.63. The van der Waals surface area contributed by atoms with Crippen molar-refractivity contribution in [2.45, 2.75) is 25.0 Å². The number of benzene rings is 1. The third-order valence-corrected chi connectivity index (χ3v) is 3.57. The molecule has 4 nitrogen and oxygen atoms in total. The van der Waals surface area contributed by atoms with Crippen LogP contribution in [0.1, 0.15) is 24.5 Å². The van der Waals surface area contributed by atoms with E-state index in [4.69, 9.17) is 25.8 Å². The molecule has 1 heterocycles. The summed E-state index contributed by atoms with van der Waals surface area (Å²) in [5.41, 5.74) is 0.975. The first-order valence-corrected chi connectivity index (χ1v) is 7.02.